The summed E-state index contributed by atoms with van der Waals surface area (Å²) in [6, 6.07) is 0. The highest BCUT2D eigenvalue weighted by Crippen LogP contribution is 2.57. The second kappa shape index (κ2) is 0.812. The molecule has 3 aliphatic carbocycles. The average molecular weight is 104 g/mol. The fourth-order valence-corrected chi connectivity index (χ4v) is 2.23. The number of hydrogen-bond acceptors (Lipinski definition) is 0. The molecule has 0 radical (unpaired) electrons. The van der Waals surface area contributed by atoms with E-state index in [0.717, 1.165) is 17.8 Å². The largest absolute Gasteiger partial charge is 0.0805 e. The maximum absolute atomic E-state index is 2.42. The van der Waals surface area contributed by atoms with Crippen molar-refractivity contribution in [3.8, 4) is 0 Å². The molecule has 0 aromatic rings. The minimum atomic E-state index is 0.972. The highest BCUT2D eigenvalue weighted by Gasteiger charge is 2.48. The minimum absolute atomic E-state index is 0.972. The van der Waals surface area contributed by atoms with E-state index in [0.29, 0.717) is 0 Å². The third-order valence-corrected chi connectivity index (χ3v) is 2.79. The Morgan fingerprint density at radius 1 is 1.38 bits per heavy atom. The molecule has 0 aromatic carbocycles. The number of allylic oxidation sites excluding steroid dienone is 4. The molecule has 3 atom stereocenters. The summed E-state index contributed by atoms with van der Waals surface area (Å²) in [5.41, 5.74) is 1.63. The van der Waals surface area contributed by atoms with Crippen molar-refractivity contribution < 1.29 is 0 Å². The Morgan fingerprint density at radius 2 is 2.38 bits per heavy atom. The van der Waals surface area contributed by atoms with E-state index in [9.17, 15) is 0 Å². The van der Waals surface area contributed by atoms with Crippen LogP contribution in [0.2, 0.25) is 0 Å². The van der Waals surface area contributed by atoms with Gasteiger partial charge in [-0.3, -0.25) is 0 Å². The van der Waals surface area contributed by atoms with Crippen LogP contribution in [-0.4, -0.2) is 0 Å². The molecule has 0 spiro atoms. The summed E-state index contributed by atoms with van der Waals surface area (Å²) < 4.78 is 0. The summed E-state index contributed by atoms with van der Waals surface area (Å²) in [4.78, 5) is 0. The van der Waals surface area contributed by atoms with Gasteiger partial charge in [-0.2, -0.15) is 0 Å². The van der Waals surface area contributed by atoms with E-state index in [2.05, 4.69) is 18.2 Å². The summed E-state index contributed by atoms with van der Waals surface area (Å²) in [6.07, 6.45) is 8.55. The van der Waals surface area contributed by atoms with Crippen LogP contribution in [0.3, 0.4) is 0 Å². The molecule has 0 aromatic heterocycles. The minimum Gasteiger partial charge on any atom is -0.0805 e. The molecule has 1 saturated carbocycles. The van der Waals surface area contributed by atoms with Gasteiger partial charge in [-0.25, -0.2) is 0 Å². The van der Waals surface area contributed by atoms with Crippen LogP contribution in [0.1, 0.15) is 6.42 Å². The molecule has 0 heteroatoms. The van der Waals surface area contributed by atoms with Gasteiger partial charge in [0.05, 0.1) is 0 Å². The molecule has 3 rings (SSSR count). The van der Waals surface area contributed by atoms with Crippen LogP contribution in [0.4, 0.5) is 0 Å². The van der Waals surface area contributed by atoms with E-state index in [4.69, 9.17) is 0 Å². The Balaban J connectivity index is 2.23. The van der Waals surface area contributed by atoms with Crippen LogP contribution < -0.4 is 0 Å². The molecular weight excluding hydrogens is 96.1 g/mol. The molecule has 0 N–H and O–H groups in total. The Bertz CT molecular complexity index is 198. The standard InChI is InChI=1S/C8H8/c1-2-6-4-7-3-5(1)8(6)7/h1-3,6-8H,4H2. The second-order valence-corrected chi connectivity index (χ2v) is 3.11. The number of rotatable bonds is 0. The predicted molar refractivity (Wildman–Crippen MR) is 32.3 cm³/mol. The molecule has 0 aliphatic heterocycles. The molecule has 3 unspecified atom stereocenters. The molecule has 0 nitrogen and oxygen atoms in total. The van der Waals surface area contributed by atoms with Crippen molar-refractivity contribution >= 4 is 0 Å². The van der Waals surface area contributed by atoms with Gasteiger partial charge in [0.1, 0.15) is 0 Å². The van der Waals surface area contributed by atoms with Gasteiger partial charge in [0.2, 0.25) is 0 Å². The summed E-state index contributed by atoms with van der Waals surface area (Å²) >= 11 is 0. The summed E-state index contributed by atoms with van der Waals surface area (Å²) in [5, 5.41) is 0. The predicted octanol–water partition coefficient (Wildman–Crippen LogP) is 1.75. The Hall–Kier alpha value is -0.520. The van der Waals surface area contributed by atoms with Gasteiger partial charge in [0.25, 0.3) is 0 Å². The molecular formula is C8H8. The smallest absolute Gasteiger partial charge is 0.00385 e. The first-order chi connectivity index (χ1) is 3.95. The second-order valence-electron chi connectivity index (χ2n) is 3.11. The van der Waals surface area contributed by atoms with Gasteiger partial charge in [-0.15, -0.1) is 0 Å². The molecule has 0 heterocycles. The lowest BCUT2D eigenvalue weighted by Gasteiger charge is -2.46. The van der Waals surface area contributed by atoms with Gasteiger partial charge in [0, 0.05) is 0 Å². The van der Waals surface area contributed by atoms with Gasteiger partial charge >= 0.3 is 0 Å². The van der Waals surface area contributed by atoms with E-state index in [1.165, 1.54) is 6.42 Å². The lowest BCUT2D eigenvalue weighted by Crippen LogP contribution is -2.38. The van der Waals surface area contributed by atoms with Crippen LogP contribution >= 0.6 is 0 Å². The van der Waals surface area contributed by atoms with E-state index >= 15 is 0 Å². The molecule has 0 amide bonds. The third-order valence-electron chi connectivity index (χ3n) is 2.79. The molecule has 40 valence electrons. The highest BCUT2D eigenvalue weighted by atomic mass is 14.5. The molecule has 3 aliphatic rings. The monoisotopic (exact) mass is 104 g/mol. The summed E-state index contributed by atoms with van der Waals surface area (Å²) in [5.74, 6) is 2.99. The topological polar surface area (TPSA) is 0 Å². The Kier molecular flexibility index (Phi) is 0.355. The van der Waals surface area contributed by atoms with Crippen molar-refractivity contribution in [3.05, 3.63) is 23.8 Å². The van der Waals surface area contributed by atoms with Crippen molar-refractivity contribution in [3.63, 3.8) is 0 Å². The van der Waals surface area contributed by atoms with E-state index in [-0.39, 0.29) is 0 Å². The van der Waals surface area contributed by atoms with Gasteiger partial charge in [0.15, 0.2) is 0 Å². The van der Waals surface area contributed by atoms with Gasteiger partial charge < -0.3 is 0 Å². The van der Waals surface area contributed by atoms with Crippen molar-refractivity contribution in [2.45, 2.75) is 6.42 Å². The molecule has 0 bridgehead atoms. The summed E-state index contributed by atoms with van der Waals surface area (Å²) in [6.45, 7) is 0. The van der Waals surface area contributed by atoms with Crippen molar-refractivity contribution in [2.24, 2.45) is 17.8 Å². The van der Waals surface area contributed by atoms with Crippen LogP contribution in [0.25, 0.3) is 0 Å². The van der Waals surface area contributed by atoms with Crippen LogP contribution in [0.15, 0.2) is 23.8 Å². The Morgan fingerprint density at radius 3 is 3.00 bits per heavy atom. The fourth-order valence-electron chi connectivity index (χ4n) is 2.23. The van der Waals surface area contributed by atoms with E-state index < -0.39 is 0 Å². The first kappa shape index (κ1) is 3.49. The number of hydrogen-bond donors (Lipinski definition) is 0. The first-order valence-corrected chi connectivity index (χ1v) is 3.35. The zero-order valence-electron chi connectivity index (χ0n) is 4.67. The normalized spacial score (nSPS) is 54.0. The van der Waals surface area contributed by atoms with Gasteiger partial charge in [-0.05, 0) is 29.7 Å². The van der Waals surface area contributed by atoms with Crippen LogP contribution in [-0.2, 0) is 0 Å². The Labute approximate surface area is 48.9 Å². The first-order valence-electron chi connectivity index (χ1n) is 3.35. The van der Waals surface area contributed by atoms with Crippen LogP contribution in [0.5, 0.6) is 0 Å². The lowest BCUT2D eigenvalue weighted by molar-refractivity contribution is 0.170. The van der Waals surface area contributed by atoms with Crippen molar-refractivity contribution in [1.82, 2.24) is 0 Å². The lowest BCUT2D eigenvalue weighted by atomic mass is 9.58. The van der Waals surface area contributed by atoms with Crippen molar-refractivity contribution in [2.75, 3.05) is 0 Å². The summed E-state index contributed by atoms with van der Waals surface area (Å²) in [7, 11) is 0. The maximum atomic E-state index is 2.42. The van der Waals surface area contributed by atoms with Gasteiger partial charge in [-0.1, -0.05) is 18.2 Å². The fraction of sp³-hybridized carbons (Fsp3) is 0.500. The average Bonchev–Trinajstić information content (AvgIpc) is 2.02. The SMILES string of the molecule is C1=CC2CC3C=C1C23. The zero-order valence-corrected chi connectivity index (χ0v) is 4.67. The van der Waals surface area contributed by atoms with Crippen LogP contribution in [0, 0.1) is 17.8 Å². The van der Waals surface area contributed by atoms with Crippen molar-refractivity contribution in [1.29, 1.82) is 0 Å². The quantitative estimate of drug-likeness (QED) is 0.439. The zero-order chi connectivity index (χ0) is 5.14. The molecule has 1 fully saturated rings. The third kappa shape index (κ3) is 0.184. The molecule has 8 heavy (non-hydrogen) atoms. The van der Waals surface area contributed by atoms with E-state index in [1.54, 1.807) is 5.57 Å². The molecule has 0 saturated heterocycles. The highest BCUT2D eigenvalue weighted by molar-refractivity contribution is 5.44. The van der Waals surface area contributed by atoms with E-state index in [1.807, 2.05) is 0 Å². The maximum Gasteiger partial charge on any atom is -0.00385 e.